The maximum Gasteiger partial charge on any atom is 0.160 e. The highest BCUT2D eigenvalue weighted by molar-refractivity contribution is 6.30. The van der Waals surface area contributed by atoms with E-state index in [1.165, 1.54) is 6.07 Å². The molecule has 4 nitrogen and oxygen atoms in total. The summed E-state index contributed by atoms with van der Waals surface area (Å²) in [6, 6.07) is 10.4. The number of hydrogen-bond donors (Lipinski definition) is 1. The molecular formula is C14H12ClFN4. The van der Waals surface area contributed by atoms with E-state index in [0.29, 0.717) is 13.1 Å². The van der Waals surface area contributed by atoms with Gasteiger partial charge >= 0.3 is 0 Å². The zero-order chi connectivity index (χ0) is 13.9. The van der Waals surface area contributed by atoms with Crippen molar-refractivity contribution < 1.29 is 4.39 Å². The number of halogens is 2. The summed E-state index contributed by atoms with van der Waals surface area (Å²) >= 11 is 5.74. The molecule has 1 N–H and O–H groups in total. The van der Waals surface area contributed by atoms with E-state index < -0.39 is 5.82 Å². The Hall–Kier alpha value is -1.98. The Morgan fingerprint density at radius 1 is 1.15 bits per heavy atom. The highest BCUT2D eigenvalue weighted by atomic mass is 35.5. The molecule has 0 saturated carbocycles. The molecule has 0 saturated heterocycles. The van der Waals surface area contributed by atoms with Crippen molar-refractivity contribution in [3.8, 4) is 0 Å². The summed E-state index contributed by atoms with van der Waals surface area (Å²) in [6.07, 6.45) is 1.92. The van der Waals surface area contributed by atoms with Crippen LogP contribution in [0.3, 0.4) is 0 Å². The first-order chi connectivity index (χ1) is 9.74. The van der Waals surface area contributed by atoms with E-state index in [1.54, 1.807) is 12.1 Å². The van der Waals surface area contributed by atoms with Gasteiger partial charge in [0.2, 0.25) is 0 Å². The Morgan fingerprint density at radius 2 is 2.05 bits per heavy atom. The zero-order valence-electron chi connectivity index (χ0n) is 10.6. The van der Waals surface area contributed by atoms with Gasteiger partial charge in [0.05, 0.1) is 11.6 Å². The lowest BCUT2D eigenvalue weighted by Crippen LogP contribution is -2.15. The molecule has 0 spiro atoms. The molecule has 102 valence electrons. The van der Waals surface area contributed by atoms with Gasteiger partial charge in [-0.15, -0.1) is 10.2 Å². The minimum absolute atomic E-state index is 0.136. The van der Waals surface area contributed by atoms with Crippen LogP contribution in [-0.4, -0.2) is 14.6 Å². The summed E-state index contributed by atoms with van der Waals surface area (Å²) in [5.41, 5.74) is 1.74. The van der Waals surface area contributed by atoms with Gasteiger partial charge in [0.15, 0.2) is 11.5 Å². The van der Waals surface area contributed by atoms with Crippen LogP contribution < -0.4 is 5.32 Å². The van der Waals surface area contributed by atoms with Gasteiger partial charge < -0.3 is 5.32 Å². The second kappa shape index (κ2) is 5.56. The molecule has 0 bridgehead atoms. The fourth-order valence-electron chi connectivity index (χ4n) is 1.98. The summed E-state index contributed by atoms with van der Waals surface area (Å²) in [4.78, 5) is 0. The number of aromatic nitrogens is 3. The number of nitrogens with zero attached hydrogens (tertiary/aromatic N) is 3. The van der Waals surface area contributed by atoms with E-state index in [9.17, 15) is 4.39 Å². The fourth-order valence-corrected chi connectivity index (χ4v) is 2.18. The lowest BCUT2D eigenvalue weighted by Gasteiger charge is -2.05. The summed E-state index contributed by atoms with van der Waals surface area (Å²) in [6.45, 7) is 1.15. The van der Waals surface area contributed by atoms with E-state index in [0.717, 1.165) is 17.0 Å². The lowest BCUT2D eigenvalue weighted by molar-refractivity contribution is 0.623. The Morgan fingerprint density at radius 3 is 2.90 bits per heavy atom. The SMILES string of the molecule is Fc1ccc(CNCc2nnc3ccccn23)cc1Cl. The lowest BCUT2D eigenvalue weighted by atomic mass is 10.2. The third kappa shape index (κ3) is 2.64. The van der Waals surface area contributed by atoms with Crippen molar-refractivity contribution in [1.29, 1.82) is 0 Å². The van der Waals surface area contributed by atoms with Crippen molar-refractivity contribution in [2.45, 2.75) is 13.1 Å². The molecule has 0 aliphatic carbocycles. The Labute approximate surface area is 120 Å². The van der Waals surface area contributed by atoms with Gasteiger partial charge in [-0.25, -0.2) is 4.39 Å². The van der Waals surface area contributed by atoms with E-state index in [1.807, 2.05) is 28.8 Å². The molecule has 6 heteroatoms. The molecule has 3 aromatic rings. The summed E-state index contributed by atoms with van der Waals surface area (Å²) < 4.78 is 15.0. The number of rotatable bonds is 4. The first kappa shape index (κ1) is 13.0. The standard InChI is InChI=1S/C14H12ClFN4/c15-11-7-10(4-5-12(11)16)8-17-9-14-19-18-13-3-1-2-6-20(13)14/h1-7,17H,8-9H2. The van der Waals surface area contributed by atoms with E-state index in [4.69, 9.17) is 11.6 Å². The summed E-state index contributed by atoms with van der Waals surface area (Å²) in [5, 5.41) is 11.6. The summed E-state index contributed by atoms with van der Waals surface area (Å²) in [5.74, 6) is 0.424. The second-order valence-electron chi connectivity index (χ2n) is 4.40. The van der Waals surface area contributed by atoms with Crippen LogP contribution in [0.15, 0.2) is 42.6 Å². The van der Waals surface area contributed by atoms with Crippen LogP contribution in [0, 0.1) is 5.82 Å². The molecule has 0 unspecified atom stereocenters. The van der Waals surface area contributed by atoms with Gasteiger partial charge in [-0.2, -0.15) is 0 Å². The quantitative estimate of drug-likeness (QED) is 0.803. The molecule has 0 aliphatic heterocycles. The molecule has 0 fully saturated rings. The van der Waals surface area contributed by atoms with E-state index in [2.05, 4.69) is 15.5 Å². The monoisotopic (exact) mass is 290 g/mol. The average molecular weight is 291 g/mol. The highest BCUT2D eigenvalue weighted by Crippen LogP contribution is 2.15. The van der Waals surface area contributed by atoms with Gasteiger partial charge in [0.25, 0.3) is 0 Å². The normalized spacial score (nSPS) is 11.1. The van der Waals surface area contributed by atoms with Gasteiger partial charge in [0.1, 0.15) is 5.82 Å². The molecule has 2 aromatic heterocycles. The van der Waals surface area contributed by atoms with E-state index in [-0.39, 0.29) is 5.02 Å². The molecule has 20 heavy (non-hydrogen) atoms. The maximum absolute atomic E-state index is 13.0. The molecule has 0 atom stereocenters. The number of benzene rings is 1. The Balaban J connectivity index is 1.66. The largest absolute Gasteiger partial charge is 0.306 e. The highest BCUT2D eigenvalue weighted by Gasteiger charge is 2.04. The maximum atomic E-state index is 13.0. The minimum atomic E-state index is -0.404. The third-order valence-corrected chi connectivity index (χ3v) is 3.27. The number of nitrogens with one attached hydrogen (secondary N) is 1. The smallest absolute Gasteiger partial charge is 0.160 e. The van der Waals surface area contributed by atoms with Crippen LogP contribution in [-0.2, 0) is 13.1 Å². The van der Waals surface area contributed by atoms with Crippen LogP contribution in [0.4, 0.5) is 4.39 Å². The Bertz CT molecular complexity index is 741. The molecule has 1 aromatic carbocycles. The molecule has 2 heterocycles. The van der Waals surface area contributed by atoms with Gasteiger partial charge in [-0.1, -0.05) is 23.7 Å². The van der Waals surface area contributed by atoms with E-state index >= 15 is 0 Å². The second-order valence-corrected chi connectivity index (χ2v) is 4.80. The molecular weight excluding hydrogens is 279 g/mol. The molecule has 0 amide bonds. The fraction of sp³-hybridized carbons (Fsp3) is 0.143. The molecule has 0 radical (unpaired) electrons. The predicted molar refractivity (Wildman–Crippen MR) is 74.9 cm³/mol. The number of hydrogen-bond acceptors (Lipinski definition) is 3. The zero-order valence-corrected chi connectivity index (χ0v) is 11.3. The van der Waals surface area contributed by atoms with Crippen molar-refractivity contribution >= 4 is 17.2 Å². The molecule has 3 rings (SSSR count). The number of fused-ring (bicyclic) bond motifs is 1. The minimum Gasteiger partial charge on any atom is -0.306 e. The van der Waals surface area contributed by atoms with Crippen molar-refractivity contribution in [1.82, 2.24) is 19.9 Å². The van der Waals surface area contributed by atoms with Crippen LogP contribution in [0.2, 0.25) is 5.02 Å². The van der Waals surface area contributed by atoms with Gasteiger partial charge in [0, 0.05) is 12.7 Å². The predicted octanol–water partition coefficient (Wildman–Crippen LogP) is 2.81. The topological polar surface area (TPSA) is 42.2 Å². The van der Waals surface area contributed by atoms with Crippen molar-refractivity contribution in [3.05, 3.63) is 64.8 Å². The van der Waals surface area contributed by atoms with Crippen LogP contribution >= 0.6 is 11.6 Å². The van der Waals surface area contributed by atoms with Crippen molar-refractivity contribution in [2.75, 3.05) is 0 Å². The van der Waals surface area contributed by atoms with Gasteiger partial charge in [-0.05, 0) is 29.8 Å². The third-order valence-electron chi connectivity index (χ3n) is 2.98. The Kier molecular flexibility index (Phi) is 3.62. The van der Waals surface area contributed by atoms with Crippen molar-refractivity contribution in [2.24, 2.45) is 0 Å². The molecule has 0 aliphatic rings. The summed E-state index contributed by atoms with van der Waals surface area (Å²) in [7, 11) is 0. The first-order valence-corrected chi connectivity index (χ1v) is 6.55. The number of pyridine rings is 1. The van der Waals surface area contributed by atoms with Crippen LogP contribution in [0.25, 0.3) is 5.65 Å². The first-order valence-electron chi connectivity index (χ1n) is 6.17. The van der Waals surface area contributed by atoms with Crippen LogP contribution in [0.5, 0.6) is 0 Å². The van der Waals surface area contributed by atoms with Crippen molar-refractivity contribution in [3.63, 3.8) is 0 Å². The van der Waals surface area contributed by atoms with Crippen LogP contribution in [0.1, 0.15) is 11.4 Å². The van der Waals surface area contributed by atoms with Gasteiger partial charge in [-0.3, -0.25) is 4.40 Å². The average Bonchev–Trinajstić information content (AvgIpc) is 2.86.